The average molecular weight is 371 g/mol. The van der Waals surface area contributed by atoms with Gasteiger partial charge in [0.05, 0.1) is 27.2 Å². The zero-order valence-corrected chi connectivity index (χ0v) is 15.9. The summed E-state index contributed by atoms with van der Waals surface area (Å²) in [4.78, 5) is 25.9. The molecule has 2 rings (SSSR count). The molecule has 2 aromatic carbocycles. The Hall–Kier alpha value is -3.02. The molecule has 0 aliphatic rings. The van der Waals surface area contributed by atoms with Gasteiger partial charge in [0.2, 0.25) is 0 Å². The molecule has 0 bridgehead atoms. The molecule has 6 nitrogen and oxygen atoms in total. The smallest absolute Gasteiger partial charge is 0.307 e. The van der Waals surface area contributed by atoms with E-state index in [9.17, 15) is 9.59 Å². The van der Waals surface area contributed by atoms with Gasteiger partial charge in [-0.05, 0) is 43.3 Å². The second-order valence-corrected chi connectivity index (χ2v) is 6.01. The first kappa shape index (κ1) is 20.3. The second-order valence-electron chi connectivity index (χ2n) is 6.01. The number of methoxy groups -OCH3 is 2. The van der Waals surface area contributed by atoms with Gasteiger partial charge in [-0.15, -0.1) is 0 Å². The van der Waals surface area contributed by atoms with Crippen LogP contribution in [0.2, 0.25) is 0 Å². The minimum Gasteiger partial charge on any atom is -0.497 e. The van der Waals surface area contributed by atoms with Crippen LogP contribution in [0.25, 0.3) is 0 Å². The number of rotatable bonds is 9. The van der Waals surface area contributed by atoms with Crippen LogP contribution in [0.1, 0.15) is 22.3 Å². The van der Waals surface area contributed by atoms with Gasteiger partial charge in [0.1, 0.15) is 18.1 Å². The molecule has 0 saturated heterocycles. The molecule has 27 heavy (non-hydrogen) atoms. The van der Waals surface area contributed by atoms with Crippen molar-refractivity contribution in [1.29, 1.82) is 0 Å². The first-order valence-electron chi connectivity index (χ1n) is 8.73. The van der Waals surface area contributed by atoms with Gasteiger partial charge in [0, 0.05) is 12.1 Å². The predicted octanol–water partition coefficient (Wildman–Crippen LogP) is 3.09. The van der Waals surface area contributed by atoms with Gasteiger partial charge in [0.15, 0.2) is 0 Å². The van der Waals surface area contributed by atoms with Crippen molar-refractivity contribution in [3.8, 4) is 11.5 Å². The minimum atomic E-state index is -0.354. The number of carbonyl (C=O) groups is 2. The van der Waals surface area contributed by atoms with Crippen molar-refractivity contribution in [1.82, 2.24) is 4.90 Å². The third kappa shape index (κ3) is 6.33. The van der Waals surface area contributed by atoms with Crippen molar-refractivity contribution in [2.75, 3.05) is 33.9 Å². The minimum absolute atomic E-state index is 0.136. The Balaban J connectivity index is 2.00. The number of benzene rings is 2. The lowest BCUT2D eigenvalue weighted by molar-refractivity contribution is -0.140. The van der Waals surface area contributed by atoms with Gasteiger partial charge in [-0.2, -0.15) is 0 Å². The van der Waals surface area contributed by atoms with Gasteiger partial charge in [0.25, 0.3) is 5.91 Å². The van der Waals surface area contributed by atoms with E-state index in [0.29, 0.717) is 24.5 Å². The number of esters is 1. The predicted molar refractivity (Wildman–Crippen MR) is 102 cm³/mol. The molecule has 0 aliphatic heterocycles. The number of hydrogen-bond donors (Lipinski definition) is 0. The maximum atomic E-state index is 12.8. The lowest BCUT2D eigenvalue weighted by Gasteiger charge is -2.22. The van der Waals surface area contributed by atoms with Gasteiger partial charge in [-0.1, -0.05) is 17.7 Å². The van der Waals surface area contributed by atoms with Crippen molar-refractivity contribution in [3.05, 3.63) is 59.7 Å². The number of nitrogens with zero attached hydrogens (tertiary/aromatic N) is 1. The molecule has 0 unspecified atom stereocenters. The fraction of sp³-hybridized carbons (Fsp3) is 0.333. The molecule has 2 aromatic rings. The van der Waals surface area contributed by atoms with E-state index in [0.717, 1.165) is 11.3 Å². The first-order chi connectivity index (χ1) is 13.0. The number of carbonyl (C=O) groups excluding carboxylic acids is 2. The van der Waals surface area contributed by atoms with Crippen LogP contribution in [0.3, 0.4) is 0 Å². The van der Waals surface area contributed by atoms with E-state index in [4.69, 9.17) is 9.47 Å². The summed E-state index contributed by atoms with van der Waals surface area (Å²) in [6, 6.07) is 14.6. The molecule has 6 heteroatoms. The van der Waals surface area contributed by atoms with Crippen molar-refractivity contribution >= 4 is 11.9 Å². The molecule has 0 N–H and O–H groups in total. The Labute approximate surface area is 159 Å². The van der Waals surface area contributed by atoms with Crippen molar-refractivity contribution < 1.29 is 23.8 Å². The lowest BCUT2D eigenvalue weighted by Crippen LogP contribution is -2.36. The van der Waals surface area contributed by atoms with Gasteiger partial charge in [-0.25, -0.2) is 0 Å². The molecule has 0 atom stereocenters. The zero-order valence-electron chi connectivity index (χ0n) is 15.9. The Morgan fingerprint density at radius 1 is 0.963 bits per heavy atom. The Kier molecular flexibility index (Phi) is 7.67. The molecule has 144 valence electrons. The number of hydrogen-bond acceptors (Lipinski definition) is 5. The van der Waals surface area contributed by atoms with Crippen LogP contribution >= 0.6 is 0 Å². The van der Waals surface area contributed by atoms with Gasteiger partial charge < -0.3 is 19.1 Å². The number of amides is 1. The quantitative estimate of drug-likeness (QED) is 0.634. The summed E-state index contributed by atoms with van der Waals surface area (Å²) in [5.41, 5.74) is 1.59. The highest BCUT2D eigenvalue weighted by atomic mass is 16.5. The molecular weight excluding hydrogens is 346 g/mol. The SMILES string of the molecule is COC(=O)CCN(CCOc1ccc(OC)cc1)C(=O)c1cccc(C)c1. The van der Waals surface area contributed by atoms with Crippen molar-refractivity contribution in [3.63, 3.8) is 0 Å². The van der Waals surface area contributed by atoms with Crippen molar-refractivity contribution in [2.24, 2.45) is 0 Å². The summed E-state index contributed by atoms with van der Waals surface area (Å²) in [6.07, 6.45) is 0.136. The molecule has 0 radical (unpaired) electrons. The highest BCUT2D eigenvalue weighted by Gasteiger charge is 2.17. The Morgan fingerprint density at radius 3 is 2.30 bits per heavy atom. The molecule has 1 amide bonds. The fourth-order valence-corrected chi connectivity index (χ4v) is 2.55. The third-order valence-corrected chi connectivity index (χ3v) is 4.06. The van der Waals surface area contributed by atoms with Crippen molar-refractivity contribution in [2.45, 2.75) is 13.3 Å². The van der Waals surface area contributed by atoms with Gasteiger partial charge >= 0.3 is 5.97 Å². The second kappa shape index (κ2) is 10.2. The topological polar surface area (TPSA) is 65.1 Å². The molecule has 0 heterocycles. The molecule has 0 spiro atoms. The van der Waals surface area contributed by atoms with Crippen LogP contribution in [0.5, 0.6) is 11.5 Å². The Morgan fingerprint density at radius 2 is 1.67 bits per heavy atom. The van der Waals surface area contributed by atoms with Crippen LogP contribution < -0.4 is 9.47 Å². The van der Waals surface area contributed by atoms with Crippen LogP contribution in [-0.2, 0) is 9.53 Å². The maximum absolute atomic E-state index is 12.8. The van der Waals surface area contributed by atoms with Crippen LogP contribution in [0.15, 0.2) is 48.5 Å². The monoisotopic (exact) mass is 371 g/mol. The van der Waals surface area contributed by atoms with E-state index < -0.39 is 0 Å². The van der Waals surface area contributed by atoms with E-state index in [2.05, 4.69) is 4.74 Å². The van der Waals surface area contributed by atoms with Crippen LogP contribution in [-0.4, -0.2) is 50.7 Å². The lowest BCUT2D eigenvalue weighted by atomic mass is 10.1. The zero-order chi connectivity index (χ0) is 19.6. The molecule has 0 saturated carbocycles. The van der Waals surface area contributed by atoms with Gasteiger partial charge in [-0.3, -0.25) is 9.59 Å². The highest BCUT2D eigenvalue weighted by molar-refractivity contribution is 5.94. The van der Waals surface area contributed by atoms with E-state index in [1.807, 2.05) is 37.3 Å². The van der Waals surface area contributed by atoms with E-state index in [1.54, 1.807) is 30.2 Å². The first-order valence-corrected chi connectivity index (χ1v) is 8.73. The van der Waals surface area contributed by atoms with E-state index in [-0.39, 0.29) is 24.8 Å². The molecule has 0 aliphatic carbocycles. The largest absolute Gasteiger partial charge is 0.497 e. The standard InChI is InChI=1S/C21H25NO5/c1-16-5-4-6-17(15-16)21(24)22(12-11-20(23)26-3)13-14-27-19-9-7-18(25-2)8-10-19/h4-10,15H,11-14H2,1-3H3. The van der Waals surface area contributed by atoms with E-state index >= 15 is 0 Å². The summed E-state index contributed by atoms with van der Waals surface area (Å²) in [5, 5.41) is 0. The number of ether oxygens (including phenoxy) is 3. The molecule has 0 fully saturated rings. The highest BCUT2D eigenvalue weighted by Crippen LogP contribution is 2.17. The Bertz CT molecular complexity index is 757. The summed E-state index contributed by atoms with van der Waals surface area (Å²) < 4.78 is 15.5. The summed E-state index contributed by atoms with van der Waals surface area (Å²) in [7, 11) is 2.94. The number of aryl methyl sites for hydroxylation is 1. The molecular formula is C21H25NO5. The fourth-order valence-electron chi connectivity index (χ4n) is 2.55. The van der Waals surface area contributed by atoms with Crippen LogP contribution in [0.4, 0.5) is 0 Å². The summed E-state index contributed by atoms with van der Waals surface area (Å²) in [6.45, 7) is 2.87. The third-order valence-electron chi connectivity index (χ3n) is 4.06. The maximum Gasteiger partial charge on any atom is 0.307 e. The van der Waals surface area contributed by atoms with E-state index in [1.165, 1.54) is 7.11 Å². The average Bonchev–Trinajstić information content (AvgIpc) is 2.70. The normalized spacial score (nSPS) is 10.2. The summed E-state index contributed by atoms with van der Waals surface area (Å²) in [5.74, 6) is 0.942. The summed E-state index contributed by atoms with van der Waals surface area (Å²) >= 11 is 0. The van der Waals surface area contributed by atoms with Crippen LogP contribution in [0, 0.1) is 6.92 Å². The molecule has 0 aromatic heterocycles.